The van der Waals surface area contributed by atoms with Gasteiger partial charge in [0.15, 0.2) is 24.4 Å². The molecule has 22 heteroatoms. The maximum atomic E-state index is 15.2. The zero-order valence-corrected chi connectivity index (χ0v) is 54.8. The highest BCUT2D eigenvalue weighted by atomic mass is 16.6. The number of benzene rings is 2. The summed E-state index contributed by atoms with van der Waals surface area (Å²) in [5.74, 6) is -6.05. The second-order valence-electron chi connectivity index (χ2n) is 25.7. The normalized spacial score (nSPS) is 23.3. The van der Waals surface area contributed by atoms with Gasteiger partial charge in [-0.25, -0.2) is 19.2 Å². The Kier molecular flexibility index (Phi) is 24.2. The minimum absolute atomic E-state index is 0.0736. The first-order chi connectivity index (χ1) is 42.7. The molecule has 488 valence electrons. The summed E-state index contributed by atoms with van der Waals surface area (Å²) in [7, 11) is 5.59. The van der Waals surface area contributed by atoms with Crippen molar-refractivity contribution in [3.63, 3.8) is 0 Å². The Labute approximate surface area is 529 Å². The fraction of sp³-hybridized carbons (Fsp3) is 0.559. The summed E-state index contributed by atoms with van der Waals surface area (Å²) in [4.78, 5) is 136. The third-order valence-corrected chi connectivity index (χ3v) is 16.6. The molecule has 0 radical (unpaired) electrons. The molecule has 3 aliphatic heterocycles. The van der Waals surface area contributed by atoms with Gasteiger partial charge in [-0.3, -0.25) is 29.1 Å². The fourth-order valence-corrected chi connectivity index (χ4v) is 11.5. The second-order valence-corrected chi connectivity index (χ2v) is 25.7. The zero-order chi connectivity index (χ0) is 65.7. The van der Waals surface area contributed by atoms with Gasteiger partial charge in [-0.2, -0.15) is 0 Å². The van der Waals surface area contributed by atoms with Crippen LogP contribution >= 0.6 is 0 Å². The number of amides is 4. The molecule has 1 saturated heterocycles. The molecule has 3 aliphatic rings. The number of anilines is 2. The number of rotatable bonds is 16. The number of hydrogen-bond donors (Lipinski definition) is 0. The molecule has 2 aromatic carbocycles. The number of carbonyl (C=O) groups is 8. The first-order valence-electron chi connectivity index (χ1n) is 31.4. The molecule has 22 nitrogen and oxygen atoms in total. The van der Waals surface area contributed by atoms with Crippen LogP contribution < -0.4 is 19.3 Å². The number of likely N-dealkylation sites (N-methyl/N-ethyl adjacent to an activating group) is 4. The van der Waals surface area contributed by atoms with E-state index in [1.807, 2.05) is 116 Å². The lowest BCUT2D eigenvalue weighted by Gasteiger charge is -2.35. The lowest BCUT2D eigenvalue weighted by molar-refractivity contribution is -0.176. The summed E-state index contributed by atoms with van der Waals surface area (Å²) in [5, 5.41) is 0. The van der Waals surface area contributed by atoms with Crippen LogP contribution in [0.1, 0.15) is 117 Å². The van der Waals surface area contributed by atoms with Crippen LogP contribution in [0.2, 0.25) is 0 Å². The molecule has 5 heterocycles. The number of pyridine rings is 2. The van der Waals surface area contributed by atoms with E-state index < -0.39 is 96.1 Å². The van der Waals surface area contributed by atoms with Crippen molar-refractivity contribution in [1.82, 2.24) is 29.6 Å². The summed E-state index contributed by atoms with van der Waals surface area (Å²) >= 11 is 0. The van der Waals surface area contributed by atoms with Crippen LogP contribution in [0.25, 0.3) is 0 Å². The molecule has 4 amide bonds. The van der Waals surface area contributed by atoms with Crippen LogP contribution in [0.5, 0.6) is 11.5 Å². The zero-order valence-electron chi connectivity index (χ0n) is 54.8. The number of fused-ring (bicyclic) bond motifs is 2. The highest BCUT2D eigenvalue weighted by molar-refractivity contribution is 5.94. The largest absolute Gasteiger partial charge is 0.489 e. The van der Waals surface area contributed by atoms with Crippen molar-refractivity contribution in [3.05, 3.63) is 108 Å². The van der Waals surface area contributed by atoms with Crippen molar-refractivity contribution in [2.45, 2.75) is 169 Å². The van der Waals surface area contributed by atoms with Crippen LogP contribution in [0.3, 0.4) is 0 Å². The molecule has 0 spiro atoms. The van der Waals surface area contributed by atoms with Crippen molar-refractivity contribution in [2.24, 2.45) is 23.7 Å². The highest BCUT2D eigenvalue weighted by Crippen LogP contribution is 2.33. The van der Waals surface area contributed by atoms with Gasteiger partial charge in [0.2, 0.25) is 0 Å². The maximum absolute atomic E-state index is 15.2. The van der Waals surface area contributed by atoms with Crippen molar-refractivity contribution >= 4 is 58.9 Å². The molecule has 90 heavy (non-hydrogen) atoms. The Morgan fingerprint density at radius 3 is 1.01 bits per heavy atom. The van der Waals surface area contributed by atoms with Gasteiger partial charge in [-0.15, -0.1) is 0 Å². The van der Waals surface area contributed by atoms with Crippen LogP contribution in [0.4, 0.5) is 11.4 Å². The van der Waals surface area contributed by atoms with Crippen molar-refractivity contribution in [1.29, 1.82) is 0 Å². The number of hydrogen-bond acceptors (Lipinski definition) is 18. The molecule has 4 aromatic rings. The minimum Gasteiger partial charge on any atom is -0.489 e. The Balaban J connectivity index is 1.23. The van der Waals surface area contributed by atoms with Gasteiger partial charge in [-0.1, -0.05) is 104 Å². The number of cyclic esters (lactones) is 4. The molecule has 2 aromatic heterocycles. The fourth-order valence-electron chi connectivity index (χ4n) is 11.5. The highest BCUT2D eigenvalue weighted by Gasteiger charge is 2.43. The van der Waals surface area contributed by atoms with Gasteiger partial charge in [0.25, 0.3) is 23.6 Å². The third kappa shape index (κ3) is 18.0. The predicted octanol–water partition coefficient (Wildman–Crippen LogP) is 7.25. The number of esters is 4. The van der Waals surface area contributed by atoms with Gasteiger partial charge >= 0.3 is 23.9 Å². The standard InChI is InChI=1S/C68H92N8O14/c1-41(2)31-51-65(81)87-45(9)61(77)71(11)54(34-44(7)8)68(84)90-60(36-48-17-21-50(22-18-48)40-76-28-30-86-58-24-26-70-38-56(58)76)64(80)74(14)52(32-42(3)4)66(82)88-46(10)62(78)72(12)53(33-43(5)6)67(83)89-59(63(79)73(51)13)35-47-15-19-49(20-16-47)39-75-27-29-85-57-23-25-69-37-55(57)75/h15-26,37-38,41-46,51-54,59-60H,27-36,39-40H2,1-14H3/t45-,46-,51+,52+,53+,54+,59-,60-/m1/s1. The minimum atomic E-state index is -1.55. The monoisotopic (exact) mass is 1240 g/mol. The van der Waals surface area contributed by atoms with E-state index in [9.17, 15) is 28.8 Å². The molecule has 0 saturated carbocycles. The molecular formula is C68H92N8O14. The third-order valence-electron chi connectivity index (χ3n) is 16.6. The van der Waals surface area contributed by atoms with Crippen LogP contribution in [0.15, 0.2) is 85.5 Å². The molecule has 8 atom stereocenters. The number of aromatic nitrogens is 2. The smallest absolute Gasteiger partial charge is 0.329 e. The summed E-state index contributed by atoms with van der Waals surface area (Å²) in [6.07, 6.45) is 0.772. The van der Waals surface area contributed by atoms with E-state index in [-0.39, 0.29) is 62.2 Å². The quantitative estimate of drug-likeness (QED) is 0.0793. The van der Waals surface area contributed by atoms with Gasteiger partial charge in [0.05, 0.1) is 36.9 Å². The van der Waals surface area contributed by atoms with Gasteiger partial charge < -0.3 is 57.8 Å². The van der Waals surface area contributed by atoms with Crippen LogP contribution in [0, 0.1) is 23.7 Å². The molecule has 1 fully saturated rings. The lowest BCUT2D eigenvalue weighted by atomic mass is 9.99. The second kappa shape index (κ2) is 31.4. The van der Waals surface area contributed by atoms with E-state index in [4.69, 9.17) is 28.4 Å². The summed E-state index contributed by atoms with van der Waals surface area (Å²) in [6, 6.07) is 13.4. The van der Waals surface area contributed by atoms with Crippen molar-refractivity contribution < 1.29 is 66.8 Å². The van der Waals surface area contributed by atoms with Gasteiger partial charge in [0, 0.05) is 78.6 Å². The number of nitrogens with zero attached hydrogens (tertiary/aromatic N) is 8. The number of ether oxygens (including phenoxy) is 6. The topological polar surface area (TPSA) is 237 Å². The SMILES string of the molecule is CC(C)C[C@H]1C(=O)O[C@H](Cc2ccc(CN3CCOc4ccncc43)cc2)C(=O)N(C)[C@@H](CC(C)C)C(=O)O[C@H](C)C(=O)N(C)[C@@H](CC(C)C)C(=O)O[C@H](Cc2ccc(CN3CCOc4ccncc43)cc2)C(=O)N(C)[C@@H](CC(C)C)C(=O)O[C@H](C)C(=O)N1C. The van der Waals surface area contributed by atoms with Crippen LogP contribution in [-0.2, 0) is 83.2 Å². The first-order valence-corrected chi connectivity index (χ1v) is 31.4. The Hall–Kier alpha value is -8.30. The van der Waals surface area contributed by atoms with E-state index in [1.165, 1.54) is 51.8 Å². The van der Waals surface area contributed by atoms with E-state index >= 15 is 9.59 Å². The van der Waals surface area contributed by atoms with E-state index in [0.717, 1.165) is 43.8 Å². The molecule has 0 bridgehead atoms. The summed E-state index contributed by atoms with van der Waals surface area (Å²) in [6.45, 7) is 20.9. The summed E-state index contributed by atoms with van der Waals surface area (Å²) in [5.41, 5.74) is 4.83. The molecule has 7 rings (SSSR count). The molecular weight excluding hydrogens is 1150 g/mol. The maximum Gasteiger partial charge on any atom is 0.329 e. The molecule has 0 aliphatic carbocycles. The number of carbonyl (C=O) groups excluding carboxylic acids is 8. The van der Waals surface area contributed by atoms with E-state index in [0.29, 0.717) is 50.5 Å². The lowest BCUT2D eigenvalue weighted by Crippen LogP contribution is -2.55. The Morgan fingerprint density at radius 1 is 0.411 bits per heavy atom. The Bertz CT molecular complexity index is 2920. The average molecular weight is 1250 g/mol. The van der Waals surface area contributed by atoms with Gasteiger partial charge in [-0.05, 0) is 85.5 Å². The van der Waals surface area contributed by atoms with Crippen molar-refractivity contribution in [2.75, 3.05) is 64.3 Å². The van der Waals surface area contributed by atoms with E-state index in [1.54, 1.807) is 24.8 Å². The van der Waals surface area contributed by atoms with Gasteiger partial charge in [0.1, 0.15) is 48.9 Å². The molecule has 0 N–H and O–H groups in total. The first kappa shape index (κ1) is 69.2. The average Bonchev–Trinajstić information content (AvgIpc) is 1.19. The van der Waals surface area contributed by atoms with E-state index in [2.05, 4.69) is 19.8 Å². The summed E-state index contributed by atoms with van der Waals surface area (Å²) < 4.78 is 36.1. The van der Waals surface area contributed by atoms with Crippen LogP contribution in [-0.4, -0.2) is 180 Å². The van der Waals surface area contributed by atoms with Crippen molar-refractivity contribution in [3.8, 4) is 11.5 Å². The predicted molar refractivity (Wildman–Crippen MR) is 337 cm³/mol. The Morgan fingerprint density at radius 2 is 0.700 bits per heavy atom. The molecule has 0 unspecified atom stereocenters.